The van der Waals surface area contributed by atoms with Gasteiger partial charge in [-0.05, 0) is 25.3 Å². The van der Waals surface area contributed by atoms with Crippen LogP contribution in [0.3, 0.4) is 0 Å². The van der Waals surface area contributed by atoms with Crippen LogP contribution in [0.15, 0.2) is 0 Å². The Kier molecular flexibility index (Phi) is 6.04. The van der Waals surface area contributed by atoms with Gasteiger partial charge in [-0.1, -0.05) is 20.8 Å². The zero-order chi connectivity index (χ0) is 13.8. The largest absolute Gasteiger partial charge is 0.391 e. The zero-order valence-corrected chi connectivity index (χ0v) is 12.4. The third-order valence-corrected chi connectivity index (χ3v) is 5.33. The lowest BCUT2D eigenvalue weighted by Crippen LogP contribution is -2.46. The van der Waals surface area contributed by atoms with Crippen molar-refractivity contribution in [3.05, 3.63) is 0 Å². The van der Waals surface area contributed by atoms with Crippen molar-refractivity contribution in [3.63, 3.8) is 0 Å². The monoisotopic (exact) mass is 278 g/mol. The maximum absolute atomic E-state index is 12.1. The molecule has 1 heterocycles. The molecule has 0 radical (unpaired) electrons. The molecule has 1 aliphatic rings. The second-order valence-corrected chi connectivity index (χ2v) is 7.56. The first-order valence-electron chi connectivity index (χ1n) is 6.72. The predicted octanol–water partition coefficient (Wildman–Crippen LogP) is 0.407. The first-order chi connectivity index (χ1) is 8.33. The van der Waals surface area contributed by atoms with Crippen LogP contribution in [0.5, 0.6) is 0 Å². The SMILES string of the molecule is CC(C)NCCCS(=O)(=O)N1CCC(C)C(O)C1. The van der Waals surface area contributed by atoms with Crippen LogP contribution in [-0.2, 0) is 10.0 Å². The van der Waals surface area contributed by atoms with E-state index in [0.717, 1.165) is 6.42 Å². The van der Waals surface area contributed by atoms with Crippen LogP contribution in [-0.4, -0.2) is 55.4 Å². The molecule has 6 heteroatoms. The van der Waals surface area contributed by atoms with E-state index in [-0.39, 0.29) is 18.2 Å². The summed E-state index contributed by atoms with van der Waals surface area (Å²) in [4.78, 5) is 0. The van der Waals surface area contributed by atoms with Crippen molar-refractivity contribution in [2.45, 2.75) is 45.8 Å². The van der Waals surface area contributed by atoms with Crippen molar-refractivity contribution in [2.24, 2.45) is 5.92 Å². The van der Waals surface area contributed by atoms with E-state index < -0.39 is 16.1 Å². The maximum atomic E-state index is 12.1. The molecule has 0 amide bonds. The Morgan fingerprint density at radius 3 is 2.67 bits per heavy atom. The van der Waals surface area contributed by atoms with E-state index in [4.69, 9.17) is 0 Å². The average Bonchev–Trinajstić information content (AvgIpc) is 2.28. The van der Waals surface area contributed by atoms with Crippen LogP contribution in [0.1, 0.15) is 33.6 Å². The first-order valence-corrected chi connectivity index (χ1v) is 8.33. The Hall–Kier alpha value is -0.170. The molecular formula is C12H26N2O3S. The van der Waals surface area contributed by atoms with E-state index in [0.29, 0.717) is 25.6 Å². The Balaban J connectivity index is 2.39. The van der Waals surface area contributed by atoms with E-state index in [9.17, 15) is 13.5 Å². The average molecular weight is 278 g/mol. The summed E-state index contributed by atoms with van der Waals surface area (Å²) in [6.45, 7) is 7.54. The summed E-state index contributed by atoms with van der Waals surface area (Å²) in [6.07, 6.45) is 0.829. The number of nitrogens with one attached hydrogen (secondary N) is 1. The number of rotatable bonds is 6. The van der Waals surface area contributed by atoms with Gasteiger partial charge < -0.3 is 10.4 Å². The van der Waals surface area contributed by atoms with Crippen LogP contribution in [0.2, 0.25) is 0 Å². The van der Waals surface area contributed by atoms with Gasteiger partial charge in [-0.3, -0.25) is 0 Å². The van der Waals surface area contributed by atoms with Crippen molar-refractivity contribution >= 4 is 10.0 Å². The number of hydrogen-bond donors (Lipinski definition) is 2. The highest BCUT2D eigenvalue weighted by atomic mass is 32.2. The summed E-state index contributed by atoms with van der Waals surface area (Å²) in [5.41, 5.74) is 0. The van der Waals surface area contributed by atoms with Crippen LogP contribution in [0, 0.1) is 5.92 Å². The standard InChI is InChI=1S/C12H26N2O3S/c1-10(2)13-6-4-8-18(16,17)14-7-5-11(3)12(15)9-14/h10-13,15H,4-9H2,1-3H3. The number of aliphatic hydroxyl groups excluding tert-OH is 1. The summed E-state index contributed by atoms with van der Waals surface area (Å²) in [5, 5.41) is 12.9. The highest BCUT2D eigenvalue weighted by Gasteiger charge is 2.31. The Bertz CT molecular complexity index is 343. The molecule has 0 aromatic rings. The molecule has 0 aliphatic carbocycles. The van der Waals surface area contributed by atoms with Gasteiger partial charge in [-0.15, -0.1) is 0 Å². The predicted molar refractivity (Wildman–Crippen MR) is 72.9 cm³/mol. The number of β-amino-alcohol motifs (C(OH)–C–C–N with tert-alkyl or cyclic N) is 1. The summed E-state index contributed by atoms with van der Waals surface area (Å²) >= 11 is 0. The molecule has 1 fully saturated rings. The van der Waals surface area contributed by atoms with Crippen LogP contribution >= 0.6 is 0 Å². The topological polar surface area (TPSA) is 69.6 Å². The lowest BCUT2D eigenvalue weighted by molar-refractivity contribution is 0.0605. The number of hydrogen-bond acceptors (Lipinski definition) is 4. The van der Waals surface area contributed by atoms with Crippen molar-refractivity contribution in [2.75, 3.05) is 25.4 Å². The summed E-state index contributed by atoms with van der Waals surface area (Å²) in [6, 6.07) is 0.380. The van der Waals surface area contributed by atoms with E-state index in [1.807, 2.05) is 20.8 Å². The zero-order valence-electron chi connectivity index (χ0n) is 11.6. The van der Waals surface area contributed by atoms with Gasteiger partial charge in [0.1, 0.15) is 0 Å². The summed E-state index contributed by atoms with van der Waals surface area (Å²) in [5.74, 6) is 0.354. The number of sulfonamides is 1. The van der Waals surface area contributed by atoms with E-state index >= 15 is 0 Å². The second-order valence-electron chi connectivity index (χ2n) is 5.47. The van der Waals surface area contributed by atoms with Crippen molar-refractivity contribution in [1.29, 1.82) is 0 Å². The molecule has 18 heavy (non-hydrogen) atoms. The molecule has 0 spiro atoms. The lowest BCUT2D eigenvalue weighted by atomic mass is 9.98. The van der Waals surface area contributed by atoms with E-state index in [1.165, 1.54) is 4.31 Å². The first kappa shape index (κ1) is 15.9. The molecule has 1 rings (SSSR count). The minimum atomic E-state index is -3.20. The van der Waals surface area contributed by atoms with Crippen LogP contribution < -0.4 is 5.32 Å². The van der Waals surface area contributed by atoms with Gasteiger partial charge in [0.25, 0.3) is 0 Å². The quantitative estimate of drug-likeness (QED) is 0.690. The molecule has 0 aromatic heterocycles. The molecule has 0 aromatic carbocycles. The fraction of sp³-hybridized carbons (Fsp3) is 1.00. The van der Waals surface area contributed by atoms with Crippen molar-refractivity contribution < 1.29 is 13.5 Å². The molecule has 2 N–H and O–H groups in total. The normalized spacial score (nSPS) is 26.7. The highest BCUT2D eigenvalue weighted by molar-refractivity contribution is 7.89. The Morgan fingerprint density at radius 2 is 2.11 bits per heavy atom. The molecule has 2 unspecified atom stereocenters. The molecule has 0 bridgehead atoms. The molecule has 0 saturated carbocycles. The molecule has 2 atom stereocenters. The molecule has 5 nitrogen and oxygen atoms in total. The van der Waals surface area contributed by atoms with E-state index in [2.05, 4.69) is 5.32 Å². The summed E-state index contributed by atoms with van der Waals surface area (Å²) < 4.78 is 25.6. The highest BCUT2D eigenvalue weighted by Crippen LogP contribution is 2.19. The molecule has 108 valence electrons. The Labute approximate surface area is 111 Å². The van der Waals surface area contributed by atoms with Crippen molar-refractivity contribution in [1.82, 2.24) is 9.62 Å². The minimum absolute atomic E-state index is 0.161. The molecule has 1 aliphatic heterocycles. The molecular weight excluding hydrogens is 252 g/mol. The van der Waals surface area contributed by atoms with Crippen molar-refractivity contribution in [3.8, 4) is 0 Å². The fourth-order valence-electron chi connectivity index (χ4n) is 2.05. The summed E-state index contributed by atoms with van der Waals surface area (Å²) in [7, 11) is -3.20. The third kappa shape index (κ3) is 4.84. The second kappa shape index (κ2) is 6.84. The van der Waals surface area contributed by atoms with Gasteiger partial charge in [0.15, 0.2) is 0 Å². The third-order valence-electron chi connectivity index (χ3n) is 3.41. The van der Waals surface area contributed by atoms with Crippen LogP contribution in [0.4, 0.5) is 0 Å². The fourth-order valence-corrected chi connectivity index (χ4v) is 3.58. The molecule has 1 saturated heterocycles. The van der Waals surface area contributed by atoms with Gasteiger partial charge in [0, 0.05) is 19.1 Å². The number of aliphatic hydroxyl groups is 1. The van der Waals surface area contributed by atoms with Gasteiger partial charge in [0.05, 0.1) is 11.9 Å². The maximum Gasteiger partial charge on any atom is 0.214 e. The van der Waals surface area contributed by atoms with Gasteiger partial charge in [-0.2, -0.15) is 4.31 Å². The number of piperidine rings is 1. The van der Waals surface area contributed by atoms with Gasteiger partial charge in [0.2, 0.25) is 10.0 Å². The smallest absolute Gasteiger partial charge is 0.214 e. The number of nitrogens with zero attached hydrogens (tertiary/aromatic N) is 1. The lowest BCUT2D eigenvalue weighted by Gasteiger charge is -2.33. The van der Waals surface area contributed by atoms with Gasteiger partial charge in [-0.25, -0.2) is 8.42 Å². The van der Waals surface area contributed by atoms with Gasteiger partial charge >= 0.3 is 0 Å². The van der Waals surface area contributed by atoms with Crippen LogP contribution in [0.25, 0.3) is 0 Å². The Morgan fingerprint density at radius 1 is 1.44 bits per heavy atom. The minimum Gasteiger partial charge on any atom is -0.391 e. The van der Waals surface area contributed by atoms with E-state index in [1.54, 1.807) is 0 Å².